The number of hydrogen-bond acceptors (Lipinski definition) is 1. The highest BCUT2D eigenvalue weighted by Gasteiger charge is 2.34. The molecule has 0 saturated heterocycles. The minimum Gasteiger partial charge on any atom is -0.366 e. The Morgan fingerprint density at radius 3 is 2.48 bits per heavy atom. The molecule has 3 aromatic carbocycles. The van der Waals surface area contributed by atoms with Gasteiger partial charge in [0.2, 0.25) is 5.91 Å². The van der Waals surface area contributed by atoms with Crippen molar-refractivity contribution >= 4 is 39.3 Å². The van der Waals surface area contributed by atoms with Crippen molar-refractivity contribution < 1.29 is 22.4 Å². The highest BCUT2D eigenvalue weighted by atomic mass is 35.5. The molecule has 0 saturated carbocycles. The molecule has 3 nitrogen and oxygen atoms in total. The molecule has 0 fully saturated rings. The van der Waals surface area contributed by atoms with Gasteiger partial charge in [-0.05, 0) is 42.0 Å². The van der Waals surface area contributed by atoms with E-state index < -0.39 is 23.5 Å². The molecule has 0 aliphatic carbocycles. The van der Waals surface area contributed by atoms with Gasteiger partial charge in [0.25, 0.3) is 0 Å². The van der Waals surface area contributed by atoms with Gasteiger partial charge in [0.15, 0.2) is 0 Å². The molecule has 4 aromatic rings. The second-order valence-corrected chi connectivity index (χ2v) is 7.05. The molecule has 1 heterocycles. The number of amides is 1. The predicted molar refractivity (Wildman–Crippen MR) is 103 cm³/mol. The molecule has 148 valence electrons. The first kappa shape index (κ1) is 19.3. The Bertz CT molecular complexity index is 1280. The summed E-state index contributed by atoms with van der Waals surface area (Å²) in [7, 11) is 0. The summed E-state index contributed by atoms with van der Waals surface area (Å²) in [6.45, 7) is -0.197. The van der Waals surface area contributed by atoms with E-state index in [4.69, 9.17) is 17.3 Å². The fourth-order valence-corrected chi connectivity index (χ4v) is 3.78. The van der Waals surface area contributed by atoms with Crippen LogP contribution in [0.2, 0.25) is 5.02 Å². The molecule has 0 aliphatic rings. The van der Waals surface area contributed by atoms with Crippen LogP contribution in [0.3, 0.4) is 0 Å². The Morgan fingerprint density at radius 1 is 1.03 bits per heavy atom. The van der Waals surface area contributed by atoms with E-state index >= 15 is 0 Å². The van der Waals surface area contributed by atoms with E-state index in [1.54, 1.807) is 41.0 Å². The molecule has 0 bridgehead atoms. The maximum atomic E-state index is 13.5. The first-order chi connectivity index (χ1) is 13.7. The third kappa shape index (κ3) is 3.31. The Hall–Kier alpha value is -3.06. The number of carbonyl (C=O) groups excluding carboxylic acids is 1. The quantitative estimate of drug-likeness (QED) is 0.421. The molecule has 0 spiro atoms. The van der Waals surface area contributed by atoms with Crippen LogP contribution in [0, 0.1) is 5.82 Å². The molecular formula is C21H13ClF4N2O. The number of fused-ring (bicyclic) bond motifs is 3. The minimum absolute atomic E-state index is 0.109. The average Bonchev–Trinajstić information content (AvgIpc) is 2.95. The SMILES string of the molecule is NC(=O)c1cccc2c1c1ccc(Cl)cc1n2Cc1ccc(F)cc1C(F)(F)F. The van der Waals surface area contributed by atoms with Crippen molar-refractivity contribution in [2.45, 2.75) is 12.7 Å². The van der Waals surface area contributed by atoms with Gasteiger partial charge in [0, 0.05) is 27.9 Å². The van der Waals surface area contributed by atoms with Gasteiger partial charge in [-0.1, -0.05) is 29.8 Å². The van der Waals surface area contributed by atoms with Crippen LogP contribution in [0.1, 0.15) is 21.5 Å². The lowest BCUT2D eigenvalue weighted by atomic mass is 10.1. The van der Waals surface area contributed by atoms with Crippen molar-refractivity contribution in [1.82, 2.24) is 4.57 Å². The number of rotatable bonds is 3. The van der Waals surface area contributed by atoms with Crippen LogP contribution in [0.15, 0.2) is 54.6 Å². The lowest BCUT2D eigenvalue weighted by Gasteiger charge is -2.15. The average molecular weight is 421 g/mol. The summed E-state index contributed by atoms with van der Waals surface area (Å²) in [5.74, 6) is -1.62. The molecule has 0 atom stereocenters. The minimum atomic E-state index is -4.72. The van der Waals surface area contributed by atoms with E-state index in [2.05, 4.69) is 0 Å². The van der Waals surface area contributed by atoms with E-state index in [0.29, 0.717) is 32.9 Å². The van der Waals surface area contributed by atoms with Gasteiger partial charge in [-0.25, -0.2) is 4.39 Å². The molecule has 1 amide bonds. The molecule has 0 radical (unpaired) electrons. The van der Waals surface area contributed by atoms with Crippen LogP contribution in [0.5, 0.6) is 0 Å². The number of aromatic nitrogens is 1. The zero-order valence-electron chi connectivity index (χ0n) is 14.7. The third-order valence-electron chi connectivity index (χ3n) is 4.82. The molecule has 8 heteroatoms. The highest BCUT2D eigenvalue weighted by molar-refractivity contribution is 6.32. The summed E-state index contributed by atoms with van der Waals surface area (Å²) in [6.07, 6.45) is -4.72. The molecule has 29 heavy (non-hydrogen) atoms. The Balaban J connectivity index is 2.03. The lowest BCUT2D eigenvalue weighted by molar-refractivity contribution is -0.138. The summed E-state index contributed by atoms with van der Waals surface area (Å²) in [6, 6.07) is 12.4. The fourth-order valence-electron chi connectivity index (χ4n) is 3.61. The molecule has 2 N–H and O–H groups in total. The van der Waals surface area contributed by atoms with E-state index in [9.17, 15) is 22.4 Å². The number of halogens is 5. The van der Waals surface area contributed by atoms with E-state index in [1.807, 2.05) is 0 Å². The van der Waals surface area contributed by atoms with Gasteiger partial charge in [0.1, 0.15) is 5.82 Å². The van der Waals surface area contributed by atoms with Gasteiger partial charge >= 0.3 is 6.18 Å². The van der Waals surface area contributed by atoms with Gasteiger partial charge in [-0.2, -0.15) is 13.2 Å². The van der Waals surface area contributed by atoms with E-state index in [-0.39, 0.29) is 17.7 Å². The van der Waals surface area contributed by atoms with E-state index in [1.165, 1.54) is 0 Å². The van der Waals surface area contributed by atoms with Crippen LogP contribution < -0.4 is 5.73 Å². The first-order valence-electron chi connectivity index (χ1n) is 8.52. The second-order valence-electron chi connectivity index (χ2n) is 6.61. The molecule has 0 aliphatic heterocycles. The molecule has 1 aromatic heterocycles. The summed E-state index contributed by atoms with van der Waals surface area (Å²) >= 11 is 6.11. The smallest absolute Gasteiger partial charge is 0.366 e. The van der Waals surface area contributed by atoms with Crippen LogP contribution in [0.25, 0.3) is 21.8 Å². The summed E-state index contributed by atoms with van der Waals surface area (Å²) < 4.78 is 55.5. The van der Waals surface area contributed by atoms with Gasteiger partial charge in [0.05, 0.1) is 16.6 Å². The van der Waals surface area contributed by atoms with Crippen LogP contribution in [-0.2, 0) is 12.7 Å². The van der Waals surface area contributed by atoms with Crippen molar-refractivity contribution in [3.05, 3.63) is 82.1 Å². The summed E-state index contributed by atoms with van der Waals surface area (Å²) in [4.78, 5) is 11.9. The number of nitrogens with two attached hydrogens (primary N) is 1. The Labute approximate surface area is 167 Å². The lowest BCUT2D eigenvalue weighted by Crippen LogP contribution is -2.13. The molecular weight excluding hydrogens is 408 g/mol. The zero-order chi connectivity index (χ0) is 20.9. The van der Waals surface area contributed by atoms with Crippen molar-refractivity contribution in [1.29, 1.82) is 0 Å². The Morgan fingerprint density at radius 2 is 1.79 bits per heavy atom. The van der Waals surface area contributed by atoms with Crippen LogP contribution in [0.4, 0.5) is 17.6 Å². The number of primary amides is 1. The highest BCUT2D eigenvalue weighted by Crippen LogP contribution is 2.37. The maximum absolute atomic E-state index is 13.5. The molecule has 4 rings (SSSR count). The normalized spacial score (nSPS) is 12.0. The van der Waals surface area contributed by atoms with Crippen molar-refractivity contribution in [3.63, 3.8) is 0 Å². The van der Waals surface area contributed by atoms with Crippen molar-refractivity contribution in [2.24, 2.45) is 5.73 Å². The predicted octanol–water partition coefficient (Wildman–Crippen LogP) is 5.75. The maximum Gasteiger partial charge on any atom is 0.416 e. The van der Waals surface area contributed by atoms with Crippen LogP contribution in [-0.4, -0.2) is 10.5 Å². The summed E-state index contributed by atoms with van der Waals surface area (Å²) in [5, 5.41) is 1.55. The summed E-state index contributed by atoms with van der Waals surface area (Å²) in [5.41, 5.74) is 5.65. The Kier molecular flexibility index (Phi) is 4.50. The van der Waals surface area contributed by atoms with Crippen molar-refractivity contribution in [3.8, 4) is 0 Å². The van der Waals surface area contributed by atoms with E-state index in [0.717, 1.165) is 12.1 Å². The molecule has 0 unspecified atom stereocenters. The van der Waals surface area contributed by atoms with Gasteiger partial charge in [-0.3, -0.25) is 4.79 Å². The monoisotopic (exact) mass is 420 g/mol. The fraction of sp³-hybridized carbons (Fsp3) is 0.0952. The number of carbonyl (C=O) groups is 1. The van der Waals surface area contributed by atoms with Gasteiger partial charge in [-0.15, -0.1) is 0 Å². The second kappa shape index (κ2) is 6.77. The third-order valence-corrected chi connectivity index (χ3v) is 5.06. The van der Waals surface area contributed by atoms with Crippen molar-refractivity contribution in [2.75, 3.05) is 0 Å². The number of benzene rings is 3. The number of alkyl halides is 3. The number of hydrogen-bond donors (Lipinski definition) is 1. The first-order valence-corrected chi connectivity index (χ1v) is 8.90. The number of nitrogens with zero attached hydrogens (tertiary/aromatic N) is 1. The standard InChI is InChI=1S/C21H13ClF4N2O/c22-12-5-7-14-18(8-12)28(17-3-1-2-15(19(14)17)20(27)29)10-11-4-6-13(23)9-16(11)21(24,25)26/h1-9H,10H2,(H2,27,29). The van der Waals surface area contributed by atoms with Gasteiger partial charge < -0.3 is 10.3 Å². The topological polar surface area (TPSA) is 48.0 Å². The van der Waals surface area contributed by atoms with Crippen LogP contribution >= 0.6 is 11.6 Å². The largest absolute Gasteiger partial charge is 0.416 e. The zero-order valence-corrected chi connectivity index (χ0v) is 15.5.